The molecule has 2 aromatic rings. The fraction of sp³-hybridized carbons (Fsp3) is 0.222. The van der Waals surface area contributed by atoms with E-state index in [2.05, 4.69) is 20.2 Å². The van der Waals surface area contributed by atoms with Gasteiger partial charge in [0.05, 0.1) is 0 Å². The van der Waals surface area contributed by atoms with Crippen LogP contribution >= 0.6 is 11.8 Å². The van der Waals surface area contributed by atoms with Gasteiger partial charge in [-0.05, 0) is 18.7 Å². The van der Waals surface area contributed by atoms with Crippen molar-refractivity contribution in [2.75, 3.05) is 0 Å². The monoisotopic (exact) mass is 232 g/mol. The van der Waals surface area contributed by atoms with E-state index in [1.165, 1.54) is 18.0 Å². The van der Waals surface area contributed by atoms with Crippen LogP contribution in [-0.2, 0) is 7.05 Å². The highest BCUT2D eigenvalue weighted by Crippen LogP contribution is 2.25. The maximum Gasteiger partial charge on any atom is 0.197 e. The minimum Gasteiger partial charge on any atom is -0.309 e. The van der Waals surface area contributed by atoms with Gasteiger partial charge in [-0.3, -0.25) is 0 Å². The zero-order chi connectivity index (χ0) is 11.5. The predicted molar refractivity (Wildman–Crippen MR) is 56.6 cm³/mol. The number of hydrogen-bond acceptors (Lipinski definition) is 6. The van der Waals surface area contributed by atoms with Crippen molar-refractivity contribution in [3.05, 3.63) is 23.9 Å². The Bertz CT molecular complexity index is 555. The molecule has 0 amide bonds. The maximum atomic E-state index is 8.86. The summed E-state index contributed by atoms with van der Waals surface area (Å²) in [5.74, 6) is 0.810. The molecule has 0 unspecified atom stereocenters. The average molecular weight is 232 g/mol. The summed E-state index contributed by atoms with van der Waals surface area (Å²) >= 11 is 1.28. The lowest BCUT2D eigenvalue weighted by atomic mass is 10.5. The van der Waals surface area contributed by atoms with E-state index in [-0.39, 0.29) is 0 Å². The molecule has 0 radical (unpaired) electrons. The second-order valence-corrected chi connectivity index (χ2v) is 3.97. The molecular weight excluding hydrogens is 224 g/mol. The molecule has 0 bridgehead atoms. The van der Waals surface area contributed by atoms with Crippen LogP contribution in [0.1, 0.15) is 11.5 Å². The summed E-state index contributed by atoms with van der Waals surface area (Å²) < 4.78 is 1.83. The van der Waals surface area contributed by atoms with Gasteiger partial charge in [-0.1, -0.05) is 0 Å². The van der Waals surface area contributed by atoms with E-state index in [9.17, 15) is 0 Å². The van der Waals surface area contributed by atoms with Gasteiger partial charge in [-0.25, -0.2) is 9.97 Å². The van der Waals surface area contributed by atoms with Crippen LogP contribution in [0.4, 0.5) is 0 Å². The third kappa shape index (κ3) is 1.87. The molecule has 0 saturated carbocycles. The van der Waals surface area contributed by atoms with E-state index in [1.54, 1.807) is 6.20 Å². The number of nitrogens with zero attached hydrogens (tertiary/aromatic N) is 6. The van der Waals surface area contributed by atoms with Gasteiger partial charge in [0, 0.05) is 19.4 Å². The number of hydrogen-bond donors (Lipinski definition) is 0. The normalized spacial score (nSPS) is 10.1. The first-order chi connectivity index (χ1) is 7.72. The van der Waals surface area contributed by atoms with E-state index in [0.29, 0.717) is 15.9 Å². The lowest BCUT2D eigenvalue weighted by Gasteiger charge is -2.01. The molecule has 2 rings (SSSR count). The number of aromatic nitrogens is 5. The molecule has 0 aliphatic rings. The Kier molecular flexibility index (Phi) is 2.83. The zero-order valence-corrected chi connectivity index (χ0v) is 9.56. The Hall–Kier alpha value is -1.94. The Morgan fingerprint density at radius 1 is 1.31 bits per heavy atom. The van der Waals surface area contributed by atoms with E-state index in [0.717, 1.165) is 5.82 Å². The van der Waals surface area contributed by atoms with Crippen LogP contribution in [0.15, 0.2) is 22.6 Å². The van der Waals surface area contributed by atoms with Crippen LogP contribution in [0.3, 0.4) is 0 Å². The van der Waals surface area contributed by atoms with E-state index >= 15 is 0 Å². The standard InChI is InChI=1S/C9H8N6S/c1-6-13-14-9(15(6)2)16-8-7(5-10)11-3-4-12-8/h3-4H,1-2H3. The molecule has 0 atom stereocenters. The molecule has 0 aliphatic heterocycles. The quantitative estimate of drug-likeness (QED) is 0.766. The number of nitriles is 1. The highest BCUT2D eigenvalue weighted by atomic mass is 32.2. The van der Waals surface area contributed by atoms with Crippen molar-refractivity contribution in [2.24, 2.45) is 7.05 Å². The summed E-state index contributed by atoms with van der Waals surface area (Å²) in [6.45, 7) is 1.86. The van der Waals surface area contributed by atoms with Gasteiger partial charge in [0.25, 0.3) is 0 Å². The van der Waals surface area contributed by atoms with Crippen LogP contribution in [0.2, 0.25) is 0 Å². The van der Waals surface area contributed by atoms with Gasteiger partial charge in [0.2, 0.25) is 0 Å². The Morgan fingerprint density at radius 3 is 2.69 bits per heavy atom. The van der Waals surface area contributed by atoms with Crippen LogP contribution < -0.4 is 0 Å². The molecule has 2 heterocycles. The van der Waals surface area contributed by atoms with Gasteiger partial charge in [-0.15, -0.1) is 10.2 Å². The highest BCUT2D eigenvalue weighted by Gasteiger charge is 2.11. The SMILES string of the molecule is Cc1nnc(Sc2nccnc2C#N)n1C. The van der Waals surface area contributed by atoms with E-state index in [1.807, 2.05) is 24.6 Å². The predicted octanol–water partition coefficient (Wildman–Crippen LogP) is 0.936. The molecule has 7 heteroatoms. The van der Waals surface area contributed by atoms with Crippen molar-refractivity contribution >= 4 is 11.8 Å². The first-order valence-electron chi connectivity index (χ1n) is 4.47. The third-order valence-electron chi connectivity index (χ3n) is 2.01. The first kappa shape index (κ1) is 10.6. The summed E-state index contributed by atoms with van der Waals surface area (Å²) in [7, 11) is 1.86. The summed E-state index contributed by atoms with van der Waals surface area (Å²) in [5.41, 5.74) is 0.299. The van der Waals surface area contributed by atoms with E-state index in [4.69, 9.17) is 5.26 Å². The molecule has 0 saturated heterocycles. The zero-order valence-electron chi connectivity index (χ0n) is 8.75. The number of rotatable bonds is 2. The molecule has 0 aliphatic carbocycles. The minimum atomic E-state index is 0.299. The first-order valence-corrected chi connectivity index (χ1v) is 5.29. The van der Waals surface area contributed by atoms with Gasteiger partial charge in [0.15, 0.2) is 10.9 Å². The molecule has 0 aromatic carbocycles. The van der Waals surface area contributed by atoms with Gasteiger partial charge >= 0.3 is 0 Å². The molecule has 0 N–H and O–H groups in total. The van der Waals surface area contributed by atoms with Crippen LogP contribution in [0, 0.1) is 18.3 Å². The van der Waals surface area contributed by atoms with Gasteiger partial charge < -0.3 is 4.57 Å². The van der Waals surface area contributed by atoms with E-state index < -0.39 is 0 Å². The maximum absolute atomic E-state index is 8.86. The molecule has 2 aromatic heterocycles. The highest BCUT2D eigenvalue weighted by molar-refractivity contribution is 7.99. The molecule has 80 valence electrons. The molecule has 6 nitrogen and oxygen atoms in total. The summed E-state index contributed by atoms with van der Waals surface area (Å²) in [4.78, 5) is 8.02. The van der Waals surface area contributed by atoms with Crippen molar-refractivity contribution < 1.29 is 0 Å². The lowest BCUT2D eigenvalue weighted by molar-refractivity contribution is 0.764. The second-order valence-electron chi connectivity index (χ2n) is 3.01. The van der Waals surface area contributed by atoms with Crippen molar-refractivity contribution in [1.29, 1.82) is 5.26 Å². The smallest absolute Gasteiger partial charge is 0.197 e. The Balaban J connectivity index is 2.35. The van der Waals surface area contributed by atoms with Crippen LogP contribution in [0.5, 0.6) is 0 Å². The number of aryl methyl sites for hydroxylation is 1. The van der Waals surface area contributed by atoms with Crippen molar-refractivity contribution in [3.8, 4) is 6.07 Å². The molecular formula is C9H8N6S. The fourth-order valence-electron chi connectivity index (χ4n) is 1.04. The Morgan fingerprint density at radius 2 is 2.06 bits per heavy atom. The second kappa shape index (κ2) is 4.28. The van der Waals surface area contributed by atoms with Crippen molar-refractivity contribution in [2.45, 2.75) is 17.1 Å². The summed E-state index contributed by atoms with van der Waals surface area (Å²) in [6, 6.07) is 1.99. The average Bonchev–Trinajstić information content (AvgIpc) is 2.62. The lowest BCUT2D eigenvalue weighted by Crippen LogP contribution is -1.95. The van der Waals surface area contributed by atoms with Gasteiger partial charge in [-0.2, -0.15) is 5.26 Å². The molecule has 0 fully saturated rings. The van der Waals surface area contributed by atoms with Crippen LogP contribution in [0.25, 0.3) is 0 Å². The third-order valence-corrected chi connectivity index (χ3v) is 3.04. The van der Waals surface area contributed by atoms with Gasteiger partial charge in [0.1, 0.15) is 16.9 Å². The molecule has 0 spiro atoms. The minimum absolute atomic E-state index is 0.299. The van der Waals surface area contributed by atoms with Crippen LogP contribution in [-0.4, -0.2) is 24.7 Å². The largest absolute Gasteiger partial charge is 0.309 e. The summed E-state index contributed by atoms with van der Waals surface area (Å²) in [5, 5.41) is 18.0. The Labute approximate surface area is 96.4 Å². The van der Waals surface area contributed by atoms with Crippen molar-refractivity contribution in [3.63, 3.8) is 0 Å². The molecule has 16 heavy (non-hydrogen) atoms. The van der Waals surface area contributed by atoms with Crippen molar-refractivity contribution in [1.82, 2.24) is 24.7 Å². The summed E-state index contributed by atoms with van der Waals surface area (Å²) in [6.07, 6.45) is 3.04. The topological polar surface area (TPSA) is 80.3 Å². The fourth-order valence-corrected chi connectivity index (χ4v) is 1.87.